The molecule has 3 heteroatoms. The number of nitrogens with one attached hydrogen (secondary N) is 1. The van der Waals surface area contributed by atoms with Gasteiger partial charge in [0.05, 0.1) is 0 Å². The summed E-state index contributed by atoms with van der Waals surface area (Å²) in [5.41, 5.74) is 1.00. The van der Waals surface area contributed by atoms with Gasteiger partial charge < -0.3 is 10.1 Å². The van der Waals surface area contributed by atoms with E-state index in [4.69, 9.17) is 4.74 Å². The minimum Gasteiger partial charge on any atom is -0.445 e. The summed E-state index contributed by atoms with van der Waals surface area (Å²) in [7, 11) is 0. The Hall–Kier alpha value is -1.51. The number of benzene rings is 1. The summed E-state index contributed by atoms with van der Waals surface area (Å²) in [4.78, 5) is 11.6. The highest BCUT2D eigenvalue weighted by molar-refractivity contribution is 5.67. The van der Waals surface area contributed by atoms with Crippen LogP contribution in [0.3, 0.4) is 0 Å². The predicted molar refractivity (Wildman–Crippen MR) is 77.9 cm³/mol. The number of carbonyl (C=O) groups excluding carboxylic acids is 1. The first-order valence-electron chi connectivity index (χ1n) is 7.08. The fourth-order valence-corrected chi connectivity index (χ4v) is 1.96. The van der Waals surface area contributed by atoms with E-state index in [1.165, 1.54) is 12.8 Å². The van der Waals surface area contributed by atoms with E-state index in [1.54, 1.807) is 0 Å². The molecule has 0 aliphatic carbocycles. The van der Waals surface area contributed by atoms with Gasteiger partial charge >= 0.3 is 6.09 Å². The van der Waals surface area contributed by atoms with Crippen LogP contribution in [0.4, 0.5) is 4.79 Å². The Balaban J connectivity index is 2.21. The highest BCUT2D eigenvalue weighted by atomic mass is 16.5. The highest BCUT2D eigenvalue weighted by Gasteiger charge is 2.12. The maximum atomic E-state index is 11.6. The molecule has 0 spiro atoms. The molecule has 0 heterocycles. The van der Waals surface area contributed by atoms with Crippen molar-refractivity contribution in [3.8, 4) is 0 Å². The minimum absolute atomic E-state index is 0.325. The van der Waals surface area contributed by atoms with E-state index in [9.17, 15) is 4.79 Å². The second-order valence-corrected chi connectivity index (χ2v) is 5.19. The van der Waals surface area contributed by atoms with Gasteiger partial charge in [-0.05, 0) is 17.4 Å². The molecule has 106 valence electrons. The molecule has 3 nitrogen and oxygen atoms in total. The number of hydrogen-bond donors (Lipinski definition) is 1. The maximum absolute atomic E-state index is 11.6. The molecule has 0 radical (unpaired) electrons. The number of amides is 1. The van der Waals surface area contributed by atoms with Crippen LogP contribution in [0, 0.1) is 11.8 Å². The van der Waals surface area contributed by atoms with Crippen LogP contribution in [0.2, 0.25) is 0 Å². The average Bonchev–Trinajstić information content (AvgIpc) is 2.43. The second kappa shape index (κ2) is 8.57. The van der Waals surface area contributed by atoms with Crippen molar-refractivity contribution in [3.63, 3.8) is 0 Å². The number of carbonyl (C=O) groups is 1. The lowest BCUT2D eigenvalue weighted by molar-refractivity contribution is 0.137. The van der Waals surface area contributed by atoms with Crippen LogP contribution >= 0.6 is 0 Å². The van der Waals surface area contributed by atoms with Crippen molar-refractivity contribution in [2.24, 2.45) is 11.8 Å². The molecule has 0 saturated heterocycles. The Morgan fingerprint density at radius 2 is 1.89 bits per heavy atom. The Morgan fingerprint density at radius 3 is 2.53 bits per heavy atom. The molecular weight excluding hydrogens is 238 g/mol. The normalized spacial score (nSPS) is 13.6. The summed E-state index contributed by atoms with van der Waals surface area (Å²) >= 11 is 0. The van der Waals surface area contributed by atoms with Crippen LogP contribution in [0.1, 0.15) is 39.2 Å². The first-order valence-corrected chi connectivity index (χ1v) is 7.08. The van der Waals surface area contributed by atoms with Crippen LogP contribution in [0.15, 0.2) is 30.3 Å². The average molecular weight is 263 g/mol. The molecule has 1 aromatic carbocycles. The summed E-state index contributed by atoms with van der Waals surface area (Å²) in [6.45, 7) is 7.58. The first kappa shape index (κ1) is 15.5. The molecule has 1 amide bonds. The minimum atomic E-state index is -0.334. The topological polar surface area (TPSA) is 38.3 Å². The molecule has 0 unspecified atom stereocenters. The zero-order valence-corrected chi connectivity index (χ0v) is 12.2. The quantitative estimate of drug-likeness (QED) is 0.808. The lowest BCUT2D eigenvalue weighted by atomic mass is 9.92. The van der Waals surface area contributed by atoms with Gasteiger partial charge in [0.1, 0.15) is 6.61 Å². The van der Waals surface area contributed by atoms with Gasteiger partial charge in [-0.3, -0.25) is 0 Å². The van der Waals surface area contributed by atoms with Crippen LogP contribution < -0.4 is 5.32 Å². The lowest BCUT2D eigenvalue weighted by Gasteiger charge is -2.19. The summed E-state index contributed by atoms with van der Waals surface area (Å²) in [5.74, 6) is 1.10. The third kappa shape index (κ3) is 6.27. The monoisotopic (exact) mass is 263 g/mol. The van der Waals surface area contributed by atoms with Gasteiger partial charge in [-0.15, -0.1) is 0 Å². The van der Waals surface area contributed by atoms with Gasteiger partial charge in [0.2, 0.25) is 0 Å². The lowest BCUT2D eigenvalue weighted by Crippen LogP contribution is -2.31. The highest BCUT2D eigenvalue weighted by Crippen LogP contribution is 2.15. The molecule has 0 aliphatic rings. The molecule has 0 aliphatic heterocycles. The Labute approximate surface area is 116 Å². The van der Waals surface area contributed by atoms with Gasteiger partial charge in [0.15, 0.2) is 0 Å². The van der Waals surface area contributed by atoms with Crippen molar-refractivity contribution in [2.75, 3.05) is 6.54 Å². The SMILES string of the molecule is CCC[C@@H](C)[C@H](C)CNC(=O)OCc1ccccc1. The second-order valence-electron chi connectivity index (χ2n) is 5.19. The van der Waals surface area contributed by atoms with Crippen molar-refractivity contribution in [1.29, 1.82) is 0 Å². The van der Waals surface area contributed by atoms with E-state index in [0.717, 1.165) is 5.56 Å². The predicted octanol–water partition coefficient (Wildman–Crippen LogP) is 3.99. The van der Waals surface area contributed by atoms with E-state index in [-0.39, 0.29) is 6.09 Å². The molecule has 1 aromatic rings. The molecule has 0 fully saturated rings. The van der Waals surface area contributed by atoms with Gasteiger partial charge in [-0.2, -0.15) is 0 Å². The number of alkyl carbamates (subject to hydrolysis) is 1. The Bertz CT molecular complexity index is 364. The number of hydrogen-bond acceptors (Lipinski definition) is 2. The zero-order chi connectivity index (χ0) is 14.1. The number of rotatable bonds is 7. The van der Waals surface area contributed by atoms with E-state index in [1.807, 2.05) is 30.3 Å². The van der Waals surface area contributed by atoms with Gasteiger partial charge in [-0.25, -0.2) is 4.79 Å². The molecule has 19 heavy (non-hydrogen) atoms. The third-order valence-corrected chi connectivity index (χ3v) is 3.50. The number of ether oxygens (including phenoxy) is 1. The Kier molecular flexibility index (Phi) is 7.01. The molecule has 0 aromatic heterocycles. The largest absolute Gasteiger partial charge is 0.445 e. The maximum Gasteiger partial charge on any atom is 0.407 e. The van der Waals surface area contributed by atoms with Crippen LogP contribution in [-0.2, 0) is 11.3 Å². The van der Waals surface area contributed by atoms with Crippen molar-refractivity contribution in [1.82, 2.24) is 5.32 Å². The van der Waals surface area contributed by atoms with Crippen molar-refractivity contribution >= 4 is 6.09 Å². The fraction of sp³-hybridized carbons (Fsp3) is 0.562. The first-order chi connectivity index (χ1) is 9.13. The van der Waals surface area contributed by atoms with Gasteiger partial charge in [0.25, 0.3) is 0 Å². The van der Waals surface area contributed by atoms with Crippen molar-refractivity contribution in [3.05, 3.63) is 35.9 Å². The summed E-state index contributed by atoms with van der Waals surface area (Å²) in [6.07, 6.45) is 2.05. The van der Waals surface area contributed by atoms with E-state index >= 15 is 0 Å². The standard InChI is InChI=1S/C16H25NO2/c1-4-8-13(2)14(3)11-17-16(18)19-12-15-9-6-5-7-10-15/h5-7,9-10,13-14H,4,8,11-12H2,1-3H3,(H,17,18)/t13-,14-/m1/s1. The van der Waals surface area contributed by atoms with E-state index in [0.29, 0.717) is 25.0 Å². The van der Waals surface area contributed by atoms with Crippen LogP contribution in [0.25, 0.3) is 0 Å². The molecule has 0 saturated carbocycles. The fourth-order valence-electron chi connectivity index (χ4n) is 1.96. The van der Waals surface area contributed by atoms with E-state index < -0.39 is 0 Å². The molecular formula is C16H25NO2. The zero-order valence-electron chi connectivity index (χ0n) is 12.2. The van der Waals surface area contributed by atoms with Crippen molar-refractivity contribution < 1.29 is 9.53 Å². The summed E-state index contributed by atoms with van der Waals surface area (Å²) in [5, 5.41) is 2.83. The van der Waals surface area contributed by atoms with Crippen LogP contribution in [-0.4, -0.2) is 12.6 Å². The van der Waals surface area contributed by atoms with E-state index in [2.05, 4.69) is 26.1 Å². The van der Waals surface area contributed by atoms with Crippen molar-refractivity contribution in [2.45, 2.75) is 40.2 Å². The molecule has 1 rings (SSSR count). The molecule has 0 bridgehead atoms. The van der Waals surface area contributed by atoms with Gasteiger partial charge in [0, 0.05) is 6.54 Å². The van der Waals surface area contributed by atoms with Gasteiger partial charge in [-0.1, -0.05) is 63.9 Å². The van der Waals surface area contributed by atoms with Crippen LogP contribution in [0.5, 0.6) is 0 Å². The Morgan fingerprint density at radius 1 is 1.21 bits per heavy atom. The summed E-state index contributed by atoms with van der Waals surface area (Å²) in [6, 6.07) is 9.70. The summed E-state index contributed by atoms with van der Waals surface area (Å²) < 4.78 is 5.17. The third-order valence-electron chi connectivity index (χ3n) is 3.50. The smallest absolute Gasteiger partial charge is 0.407 e. The molecule has 2 atom stereocenters. The molecule has 1 N–H and O–H groups in total.